The van der Waals surface area contributed by atoms with Crippen LogP contribution in [-0.2, 0) is 4.79 Å². The van der Waals surface area contributed by atoms with Gasteiger partial charge in [-0.2, -0.15) is 9.78 Å². The molecule has 0 radical (unpaired) electrons. The summed E-state index contributed by atoms with van der Waals surface area (Å²) in [4.78, 5) is 12.4. The van der Waals surface area contributed by atoms with E-state index in [1.165, 1.54) is 12.7 Å². The van der Waals surface area contributed by atoms with Gasteiger partial charge in [-0.25, -0.2) is 0 Å². The van der Waals surface area contributed by atoms with Crippen LogP contribution in [0, 0.1) is 13.8 Å². The number of nitrogens with zero attached hydrogens (tertiary/aromatic N) is 4. The molecule has 0 saturated heterocycles. The monoisotopic (exact) mass is 349 g/mol. The van der Waals surface area contributed by atoms with Crippen molar-refractivity contribution in [3.8, 4) is 11.7 Å². The van der Waals surface area contributed by atoms with Gasteiger partial charge in [-0.3, -0.25) is 4.79 Å². The highest BCUT2D eigenvalue weighted by molar-refractivity contribution is 5.95. The van der Waals surface area contributed by atoms with Gasteiger partial charge in [0.15, 0.2) is 5.82 Å². The first-order valence-electron chi connectivity index (χ1n) is 8.41. The van der Waals surface area contributed by atoms with E-state index < -0.39 is 0 Å². The molecule has 132 valence electrons. The lowest BCUT2D eigenvalue weighted by atomic mass is 9.85. The van der Waals surface area contributed by atoms with E-state index in [0.717, 1.165) is 16.8 Å². The van der Waals surface area contributed by atoms with Crippen LogP contribution in [0.3, 0.4) is 0 Å². The molecule has 0 aliphatic carbocycles. The van der Waals surface area contributed by atoms with Gasteiger partial charge in [-0.15, -0.1) is 10.2 Å². The van der Waals surface area contributed by atoms with Crippen molar-refractivity contribution in [3.63, 3.8) is 0 Å². The summed E-state index contributed by atoms with van der Waals surface area (Å²) < 4.78 is 6.69. The van der Waals surface area contributed by atoms with E-state index in [-0.39, 0.29) is 11.8 Å². The van der Waals surface area contributed by atoms with E-state index in [1.54, 1.807) is 16.8 Å². The van der Waals surface area contributed by atoms with Crippen molar-refractivity contribution < 1.29 is 9.53 Å². The van der Waals surface area contributed by atoms with Gasteiger partial charge in [0.1, 0.15) is 5.82 Å². The van der Waals surface area contributed by atoms with Gasteiger partial charge >= 0.3 is 0 Å². The number of aryl methyl sites for hydroxylation is 2. The number of benzene rings is 1. The van der Waals surface area contributed by atoms with Crippen LogP contribution in [0.5, 0.6) is 5.88 Å². The van der Waals surface area contributed by atoms with E-state index >= 15 is 0 Å². The fourth-order valence-corrected chi connectivity index (χ4v) is 3.33. The minimum absolute atomic E-state index is 0.0284. The Bertz CT molecular complexity index is 961. The molecule has 0 fully saturated rings. The number of rotatable bonds is 3. The highest BCUT2D eigenvalue weighted by Gasteiger charge is 2.32. The Balaban J connectivity index is 1.82. The molecule has 1 aliphatic rings. The summed E-state index contributed by atoms with van der Waals surface area (Å²) in [7, 11) is 1.54. The number of carbonyl (C=O) groups excluding carboxylic acids is 1. The van der Waals surface area contributed by atoms with Gasteiger partial charge in [0, 0.05) is 24.0 Å². The molecule has 7 nitrogen and oxygen atoms in total. The Morgan fingerprint density at radius 2 is 1.88 bits per heavy atom. The van der Waals surface area contributed by atoms with E-state index in [9.17, 15) is 4.79 Å². The molecule has 0 spiro atoms. The number of methoxy groups -OCH3 is 1. The van der Waals surface area contributed by atoms with Gasteiger partial charge in [-0.05, 0) is 25.5 Å². The Hall–Kier alpha value is -3.22. The Morgan fingerprint density at radius 1 is 1.12 bits per heavy atom. The minimum atomic E-state index is -0.0364. The summed E-state index contributed by atoms with van der Waals surface area (Å²) >= 11 is 0. The van der Waals surface area contributed by atoms with Gasteiger partial charge in [-0.1, -0.05) is 29.8 Å². The number of anilines is 1. The topological polar surface area (TPSA) is 81.9 Å². The number of amides is 1. The van der Waals surface area contributed by atoms with E-state index in [4.69, 9.17) is 4.74 Å². The van der Waals surface area contributed by atoms with Crippen LogP contribution in [-0.4, -0.2) is 33.0 Å². The second-order valence-corrected chi connectivity index (χ2v) is 6.41. The molecule has 0 saturated carbocycles. The first kappa shape index (κ1) is 16.3. The number of nitrogens with one attached hydrogen (secondary N) is 1. The zero-order chi connectivity index (χ0) is 18.3. The molecule has 3 heterocycles. The number of aromatic nitrogens is 4. The number of hydrogen-bond acceptors (Lipinski definition) is 5. The summed E-state index contributed by atoms with van der Waals surface area (Å²) in [6.45, 7) is 4.00. The Labute approximate surface area is 151 Å². The molecule has 3 aromatic rings. The van der Waals surface area contributed by atoms with Crippen molar-refractivity contribution in [1.82, 2.24) is 20.0 Å². The van der Waals surface area contributed by atoms with Crippen molar-refractivity contribution in [2.75, 3.05) is 12.4 Å². The van der Waals surface area contributed by atoms with Crippen molar-refractivity contribution in [1.29, 1.82) is 0 Å². The molecule has 2 aromatic heterocycles. The average molecular weight is 349 g/mol. The van der Waals surface area contributed by atoms with Crippen LogP contribution in [0.25, 0.3) is 5.82 Å². The SMILES string of the molecule is COc1ccc(-n2nc(C)c3c2NC(=O)C[C@H]3c2ccc(C)cc2)nn1. The molecule has 0 unspecified atom stereocenters. The normalized spacial score (nSPS) is 16.1. The van der Waals surface area contributed by atoms with Crippen molar-refractivity contribution in [3.05, 3.63) is 58.8 Å². The van der Waals surface area contributed by atoms with Crippen molar-refractivity contribution in [2.24, 2.45) is 0 Å². The van der Waals surface area contributed by atoms with E-state index in [0.29, 0.717) is 23.9 Å². The Morgan fingerprint density at radius 3 is 2.54 bits per heavy atom. The second-order valence-electron chi connectivity index (χ2n) is 6.41. The first-order valence-corrected chi connectivity index (χ1v) is 8.41. The molecule has 7 heteroatoms. The lowest BCUT2D eigenvalue weighted by Crippen LogP contribution is -2.25. The summed E-state index contributed by atoms with van der Waals surface area (Å²) in [5.74, 6) is 1.54. The predicted octanol–water partition coefficient (Wildman–Crippen LogP) is 2.76. The van der Waals surface area contributed by atoms with Crippen LogP contribution in [0.2, 0.25) is 0 Å². The molecule has 26 heavy (non-hydrogen) atoms. The molecular weight excluding hydrogens is 330 g/mol. The Kier molecular flexibility index (Phi) is 3.91. The van der Waals surface area contributed by atoms with Crippen LogP contribution < -0.4 is 10.1 Å². The van der Waals surface area contributed by atoms with Gasteiger partial charge in [0.25, 0.3) is 0 Å². The quantitative estimate of drug-likeness (QED) is 0.786. The lowest BCUT2D eigenvalue weighted by Gasteiger charge is -2.24. The van der Waals surface area contributed by atoms with E-state index in [2.05, 4.69) is 51.8 Å². The standard InChI is InChI=1S/C19H19N5O2/c1-11-4-6-13(7-5-11)14-10-16(25)20-19-18(14)12(2)23-24(19)15-8-9-17(26-3)22-21-15/h4-9,14H,10H2,1-3H3,(H,20,25)/t14-/m0/s1. The van der Waals surface area contributed by atoms with Crippen LogP contribution in [0.4, 0.5) is 5.82 Å². The van der Waals surface area contributed by atoms with Crippen LogP contribution in [0.1, 0.15) is 34.7 Å². The number of ether oxygens (including phenoxy) is 1. The fourth-order valence-electron chi connectivity index (χ4n) is 3.33. The highest BCUT2D eigenvalue weighted by Crippen LogP contribution is 2.40. The molecule has 1 N–H and O–H groups in total. The number of carbonyl (C=O) groups is 1. The third-order valence-electron chi connectivity index (χ3n) is 4.63. The highest BCUT2D eigenvalue weighted by atomic mass is 16.5. The maximum absolute atomic E-state index is 12.4. The third kappa shape index (κ3) is 2.71. The number of fused-ring (bicyclic) bond motifs is 1. The summed E-state index contributed by atoms with van der Waals surface area (Å²) in [6, 6.07) is 11.8. The molecule has 1 amide bonds. The second kappa shape index (κ2) is 6.25. The van der Waals surface area contributed by atoms with E-state index in [1.807, 2.05) is 6.92 Å². The number of hydrogen-bond donors (Lipinski definition) is 1. The van der Waals surface area contributed by atoms with Crippen molar-refractivity contribution >= 4 is 11.7 Å². The fraction of sp³-hybridized carbons (Fsp3) is 0.263. The predicted molar refractivity (Wildman–Crippen MR) is 96.7 cm³/mol. The molecular formula is C19H19N5O2. The molecule has 1 aromatic carbocycles. The molecule has 0 bridgehead atoms. The zero-order valence-electron chi connectivity index (χ0n) is 14.9. The summed E-state index contributed by atoms with van der Waals surface area (Å²) in [5, 5.41) is 15.7. The van der Waals surface area contributed by atoms with Gasteiger partial charge in [0.05, 0.1) is 12.8 Å². The largest absolute Gasteiger partial charge is 0.480 e. The van der Waals surface area contributed by atoms with Crippen LogP contribution in [0.15, 0.2) is 36.4 Å². The zero-order valence-corrected chi connectivity index (χ0v) is 14.9. The lowest BCUT2D eigenvalue weighted by molar-refractivity contribution is -0.116. The summed E-state index contributed by atoms with van der Waals surface area (Å²) in [5.41, 5.74) is 4.18. The van der Waals surface area contributed by atoms with Gasteiger partial charge in [0.2, 0.25) is 11.8 Å². The maximum atomic E-state index is 12.4. The first-order chi connectivity index (χ1) is 12.6. The molecule has 4 rings (SSSR count). The minimum Gasteiger partial charge on any atom is -0.480 e. The smallest absolute Gasteiger partial charge is 0.233 e. The van der Waals surface area contributed by atoms with Crippen molar-refractivity contribution in [2.45, 2.75) is 26.2 Å². The molecule has 1 aliphatic heterocycles. The average Bonchev–Trinajstić information content (AvgIpc) is 2.98. The molecule has 1 atom stereocenters. The van der Waals surface area contributed by atoms with Gasteiger partial charge < -0.3 is 10.1 Å². The summed E-state index contributed by atoms with van der Waals surface area (Å²) in [6.07, 6.45) is 0.400. The van der Waals surface area contributed by atoms with Crippen LogP contribution >= 0.6 is 0 Å². The maximum Gasteiger partial charge on any atom is 0.233 e. The third-order valence-corrected chi connectivity index (χ3v) is 4.63.